The predicted molar refractivity (Wildman–Crippen MR) is 76.4 cm³/mol. The number of nitrogens with zero attached hydrogens (tertiary/aromatic N) is 3. The van der Waals surface area contributed by atoms with Gasteiger partial charge in [0.2, 0.25) is 5.88 Å². The molecule has 110 valence electrons. The Balaban J connectivity index is 1.97. The monoisotopic (exact) mass is 288 g/mol. The molecule has 0 spiro atoms. The highest BCUT2D eigenvalue weighted by molar-refractivity contribution is 5.96. The van der Waals surface area contributed by atoms with Crippen LogP contribution in [0.5, 0.6) is 5.88 Å². The van der Waals surface area contributed by atoms with Gasteiger partial charge in [0.25, 0.3) is 11.5 Å². The molecular formula is C14H16N4O3. The van der Waals surface area contributed by atoms with Crippen molar-refractivity contribution in [2.45, 2.75) is 13.5 Å². The second kappa shape index (κ2) is 6.65. The third-order valence-electron chi connectivity index (χ3n) is 2.86. The van der Waals surface area contributed by atoms with E-state index in [0.717, 1.165) is 0 Å². The number of aromatic nitrogens is 3. The number of carbonyl (C=O) groups excluding carboxylic acids is 1. The van der Waals surface area contributed by atoms with Gasteiger partial charge < -0.3 is 10.1 Å². The Kier molecular flexibility index (Phi) is 4.65. The van der Waals surface area contributed by atoms with E-state index in [0.29, 0.717) is 24.3 Å². The first-order valence-corrected chi connectivity index (χ1v) is 6.42. The Bertz CT molecular complexity index is 697. The number of hydrogen-bond acceptors (Lipinski definition) is 5. The first-order valence-electron chi connectivity index (χ1n) is 6.42. The van der Waals surface area contributed by atoms with E-state index in [2.05, 4.69) is 15.3 Å². The summed E-state index contributed by atoms with van der Waals surface area (Å²) in [6.45, 7) is 2.41. The van der Waals surface area contributed by atoms with E-state index in [1.165, 1.54) is 24.1 Å². The number of nitrogens with one attached hydrogen (secondary N) is 1. The molecule has 7 heteroatoms. The molecule has 1 N–H and O–H groups in total. The maximum atomic E-state index is 12.0. The zero-order valence-electron chi connectivity index (χ0n) is 11.9. The topological polar surface area (TPSA) is 86.1 Å². The normalized spacial score (nSPS) is 10.2. The maximum absolute atomic E-state index is 12.0. The van der Waals surface area contributed by atoms with E-state index >= 15 is 0 Å². The number of amides is 1. The lowest BCUT2D eigenvalue weighted by molar-refractivity contribution is 0.0948. The molecule has 21 heavy (non-hydrogen) atoms. The number of methoxy groups -OCH3 is 1. The summed E-state index contributed by atoms with van der Waals surface area (Å²) in [5.41, 5.74) is 0.880. The van der Waals surface area contributed by atoms with Crippen LogP contribution in [0.4, 0.5) is 0 Å². The van der Waals surface area contributed by atoms with E-state index in [4.69, 9.17) is 4.74 Å². The third-order valence-corrected chi connectivity index (χ3v) is 2.86. The molecule has 0 saturated heterocycles. The van der Waals surface area contributed by atoms with Crippen molar-refractivity contribution in [3.8, 4) is 5.88 Å². The van der Waals surface area contributed by atoms with Gasteiger partial charge in [0.05, 0.1) is 13.4 Å². The molecule has 2 heterocycles. The first-order chi connectivity index (χ1) is 10.1. The van der Waals surface area contributed by atoms with Crippen molar-refractivity contribution in [3.05, 3.63) is 52.3 Å². The highest BCUT2D eigenvalue weighted by Gasteiger charge is 2.11. The fourth-order valence-electron chi connectivity index (χ4n) is 1.80. The summed E-state index contributed by atoms with van der Waals surface area (Å²) in [5.74, 6) is -0.0303. The van der Waals surface area contributed by atoms with Gasteiger partial charge in [-0.05, 0) is 19.1 Å². The minimum atomic E-state index is -0.298. The van der Waals surface area contributed by atoms with Crippen LogP contribution in [0.2, 0.25) is 0 Å². The van der Waals surface area contributed by atoms with Gasteiger partial charge in [-0.25, -0.2) is 9.97 Å². The summed E-state index contributed by atoms with van der Waals surface area (Å²) in [6.07, 6.45) is 3.02. The van der Waals surface area contributed by atoms with Crippen LogP contribution in [0.3, 0.4) is 0 Å². The number of hydrogen-bond donors (Lipinski definition) is 1. The SMILES string of the molecule is COc1ncccc1C(=O)NCCn1cnc(C)cc1=O. The molecule has 2 rings (SSSR count). The molecule has 0 saturated carbocycles. The van der Waals surface area contributed by atoms with E-state index in [-0.39, 0.29) is 17.3 Å². The smallest absolute Gasteiger partial charge is 0.256 e. The molecule has 0 aliphatic rings. The highest BCUT2D eigenvalue weighted by atomic mass is 16.5. The molecule has 0 fully saturated rings. The zero-order chi connectivity index (χ0) is 15.2. The number of rotatable bonds is 5. The summed E-state index contributed by atoms with van der Waals surface area (Å²) in [7, 11) is 1.46. The van der Waals surface area contributed by atoms with Gasteiger partial charge in [-0.2, -0.15) is 0 Å². The van der Waals surface area contributed by atoms with Crippen molar-refractivity contribution in [2.24, 2.45) is 0 Å². The molecule has 0 bridgehead atoms. The fourth-order valence-corrected chi connectivity index (χ4v) is 1.80. The van der Waals surface area contributed by atoms with E-state index in [9.17, 15) is 9.59 Å². The Morgan fingerprint density at radius 3 is 2.95 bits per heavy atom. The van der Waals surface area contributed by atoms with Crippen LogP contribution in [0, 0.1) is 6.92 Å². The molecule has 0 aliphatic heterocycles. The van der Waals surface area contributed by atoms with Crippen LogP contribution in [0.1, 0.15) is 16.1 Å². The fraction of sp³-hybridized carbons (Fsp3) is 0.286. The Hall–Kier alpha value is -2.70. The van der Waals surface area contributed by atoms with Gasteiger partial charge in [-0.3, -0.25) is 14.2 Å². The number of pyridine rings is 1. The van der Waals surface area contributed by atoms with Gasteiger partial charge in [0.15, 0.2) is 0 Å². The molecule has 0 aromatic carbocycles. The van der Waals surface area contributed by atoms with Crippen molar-refractivity contribution in [2.75, 3.05) is 13.7 Å². The van der Waals surface area contributed by atoms with E-state index in [1.54, 1.807) is 25.3 Å². The second-order valence-electron chi connectivity index (χ2n) is 4.38. The summed E-state index contributed by atoms with van der Waals surface area (Å²) >= 11 is 0. The first kappa shape index (κ1) is 14.7. The van der Waals surface area contributed by atoms with Gasteiger partial charge in [-0.1, -0.05) is 0 Å². The molecule has 0 atom stereocenters. The minimum Gasteiger partial charge on any atom is -0.480 e. The quantitative estimate of drug-likeness (QED) is 0.860. The Morgan fingerprint density at radius 1 is 1.43 bits per heavy atom. The lowest BCUT2D eigenvalue weighted by atomic mass is 10.2. The van der Waals surface area contributed by atoms with E-state index in [1.807, 2.05) is 0 Å². The van der Waals surface area contributed by atoms with Crippen LogP contribution in [-0.2, 0) is 6.54 Å². The molecule has 0 aliphatic carbocycles. The number of ether oxygens (including phenoxy) is 1. The van der Waals surface area contributed by atoms with Crippen molar-refractivity contribution in [3.63, 3.8) is 0 Å². The van der Waals surface area contributed by atoms with Crippen molar-refractivity contribution in [1.82, 2.24) is 19.9 Å². The average molecular weight is 288 g/mol. The van der Waals surface area contributed by atoms with E-state index < -0.39 is 0 Å². The lowest BCUT2D eigenvalue weighted by Crippen LogP contribution is -2.31. The summed E-state index contributed by atoms with van der Waals surface area (Å²) < 4.78 is 6.46. The molecule has 0 unspecified atom stereocenters. The van der Waals surface area contributed by atoms with Crippen LogP contribution in [0.15, 0.2) is 35.5 Å². The molecule has 0 radical (unpaired) electrons. The molecule has 7 nitrogen and oxygen atoms in total. The average Bonchev–Trinajstić information content (AvgIpc) is 2.49. The predicted octanol–water partition coefficient (Wildman–Crippen LogP) is 0.385. The van der Waals surface area contributed by atoms with Gasteiger partial charge >= 0.3 is 0 Å². The van der Waals surface area contributed by atoms with Crippen LogP contribution < -0.4 is 15.6 Å². The van der Waals surface area contributed by atoms with Gasteiger partial charge in [0, 0.05) is 31.0 Å². The maximum Gasteiger partial charge on any atom is 0.256 e. The standard InChI is InChI=1S/C14H16N4O3/c1-10-8-12(19)18(9-17-10)7-6-15-13(20)11-4-3-5-16-14(11)21-2/h3-5,8-9H,6-7H2,1-2H3,(H,15,20). The Morgan fingerprint density at radius 2 is 2.24 bits per heavy atom. The molecule has 1 amide bonds. The highest BCUT2D eigenvalue weighted by Crippen LogP contribution is 2.12. The third kappa shape index (κ3) is 3.65. The van der Waals surface area contributed by atoms with Crippen LogP contribution in [-0.4, -0.2) is 34.1 Å². The van der Waals surface area contributed by atoms with Crippen LogP contribution >= 0.6 is 0 Å². The van der Waals surface area contributed by atoms with Crippen molar-refractivity contribution >= 4 is 5.91 Å². The summed E-state index contributed by atoms with van der Waals surface area (Å²) in [5, 5.41) is 2.72. The summed E-state index contributed by atoms with van der Waals surface area (Å²) in [4.78, 5) is 31.7. The zero-order valence-corrected chi connectivity index (χ0v) is 11.9. The van der Waals surface area contributed by atoms with Gasteiger partial charge in [0.1, 0.15) is 5.56 Å². The largest absolute Gasteiger partial charge is 0.480 e. The lowest BCUT2D eigenvalue weighted by Gasteiger charge is -2.09. The summed E-state index contributed by atoms with van der Waals surface area (Å²) in [6, 6.07) is 4.73. The molecular weight excluding hydrogens is 272 g/mol. The molecule has 2 aromatic heterocycles. The van der Waals surface area contributed by atoms with Crippen molar-refractivity contribution < 1.29 is 9.53 Å². The Labute approximate surface area is 121 Å². The molecule has 2 aromatic rings. The minimum absolute atomic E-state index is 0.143. The number of carbonyl (C=O) groups is 1. The van der Waals surface area contributed by atoms with Gasteiger partial charge in [-0.15, -0.1) is 0 Å². The van der Waals surface area contributed by atoms with Crippen LogP contribution in [0.25, 0.3) is 0 Å². The van der Waals surface area contributed by atoms with Crippen molar-refractivity contribution in [1.29, 1.82) is 0 Å². The number of aryl methyl sites for hydroxylation is 1. The second-order valence-corrected chi connectivity index (χ2v) is 4.38.